The van der Waals surface area contributed by atoms with Crippen molar-refractivity contribution in [1.82, 2.24) is 0 Å². The van der Waals surface area contributed by atoms with Crippen LogP contribution < -0.4 is 0 Å². The lowest BCUT2D eigenvalue weighted by Gasteiger charge is -2.55. The Morgan fingerprint density at radius 2 is 1.96 bits per heavy atom. The number of aliphatic hydroxyl groups excluding tert-OH is 1. The van der Waals surface area contributed by atoms with E-state index in [9.17, 15) is 14.7 Å². The number of aliphatic hydroxyl groups is 1. The summed E-state index contributed by atoms with van der Waals surface area (Å²) in [5, 5.41) is 9.95. The number of allylic oxidation sites excluding steroid dienone is 4. The van der Waals surface area contributed by atoms with Crippen LogP contribution >= 0.6 is 0 Å². The summed E-state index contributed by atoms with van der Waals surface area (Å²) in [6, 6.07) is 0. The molecule has 126 valence electrons. The van der Waals surface area contributed by atoms with Gasteiger partial charge in [-0.05, 0) is 49.0 Å². The Kier molecular flexibility index (Phi) is 3.91. The molecule has 23 heavy (non-hydrogen) atoms. The van der Waals surface area contributed by atoms with Gasteiger partial charge in [-0.3, -0.25) is 9.59 Å². The molecule has 0 heterocycles. The van der Waals surface area contributed by atoms with Crippen LogP contribution in [-0.4, -0.2) is 23.3 Å². The molecular formula is C20H28O3. The summed E-state index contributed by atoms with van der Waals surface area (Å²) in [6.07, 6.45) is 6.11. The Morgan fingerprint density at radius 1 is 1.26 bits per heavy atom. The van der Waals surface area contributed by atoms with E-state index in [-0.39, 0.29) is 40.8 Å². The van der Waals surface area contributed by atoms with E-state index < -0.39 is 0 Å². The fraction of sp³-hybridized carbons (Fsp3) is 0.700. The number of carbonyl (C=O) groups excluding carboxylic acids is 2. The smallest absolute Gasteiger partial charge is 0.185 e. The van der Waals surface area contributed by atoms with Gasteiger partial charge in [0.15, 0.2) is 11.6 Å². The van der Waals surface area contributed by atoms with Gasteiger partial charge < -0.3 is 5.11 Å². The molecule has 0 aromatic carbocycles. The lowest BCUT2D eigenvalue weighted by Crippen LogP contribution is -2.51. The lowest BCUT2D eigenvalue weighted by atomic mass is 9.48. The molecular weight excluding hydrogens is 288 g/mol. The van der Waals surface area contributed by atoms with Crippen LogP contribution in [0.3, 0.4) is 0 Å². The number of ketones is 2. The summed E-state index contributed by atoms with van der Waals surface area (Å²) in [7, 11) is 0. The Hall–Kier alpha value is -1.22. The summed E-state index contributed by atoms with van der Waals surface area (Å²) >= 11 is 0. The van der Waals surface area contributed by atoms with E-state index in [1.807, 2.05) is 13.8 Å². The van der Waals surface area contributed by atoms with Gasteiger partial charge in [-0.2, -0.15) is 0 Å². The normalized spacial score (nSPS) is 37.7. The number of rotatable bonds is 2. The minimum Gasteiger partial charge on any atom is -0.396 e. The van der Waals surface area contributed by atoms with Crippen LogP contribution in [0.25, 0.3) is 0 Å². The first kappa shape index (κ1) is 16.6. The Bertz CT molecular complexity index is 625. The predicted octanol–water partition coefficient (Wildman–Crippen LogP) is 3.62. The van der Waals surface area contributed by atoms with E-state index in [2.05, 4.69) is 13.8 Å². The Labute approximate surface area is 138 Å². The van der Waals surface area contributed by atoms with Gasteiger partial charge >= 0.3 is 0 Å². The molecule has 3 aliphatic rings. The lowest BCUT2D eigenvalue weighted by molar-refractivity contribution is -0.120. The molecule has 0 aromatic rings. The van der Waals surface area contributed by atoms with Gasteiger partial charge in [-0.15, -0.1) is 0 Å². The van der Waals surface area contributed by atoms with Gasteiger partial charge in [0.2, 0.25) is 0 Å². The van der Waals surface area contributed by atoms with Crippen molar-refractivity contribution in [2.24, 2.45) is 22.7 Å². The van der Waals surface area contributed by atoms with E-state index in [1.54, 1.807) is 6.08 Å². The van der Waals surface area contributed by atoms with Gasteiger partial charge in [-0.25, -0.2) is 0 Å². The van der Waals surface area contributed by atoms with Crippen LogP contribution in [0.2, 0.25) is 0 Å². The Morgan fingerprint density at radius 3 is 2.57 bits per heavy atom. The molecule has 1 fully saturated rings. The molecule has 3 rings (SSSR count). The first-order chi connectivity index (χ1) is 10.7. The molecule has 1 saturated carbocycles. The van der Waals surface area contributed by atoms with Crippen LogP contribution in [-0.2, 0) is 9.59 Å². The van der Waals surface area contributed by atoms with Gasteiger partial charge in [0.05, 0.1) is 0 Å². The molecule has 3 aliphatic carbocycles. The molecule has 0 radical (unpaired) electrons. The largest absolute Gasteiger partial charge is 0.396 e. The molecule has 0 bridgehead atoms. The van der Waals surface area contributed by atoms with Crippen molar-refractivity contribution < 1.29 is 14.7 Å². The molecule has 3 nitrogen and oxygen atoms in total. The SMILES string of the molecule is CC(C)C1=CC(=O)C2=C(CC[C@H]3[C@@](C)(CO)CCC[C@]23C)C1=O. The van der Waals surface area contributed by atoms with Crippen LogP contribution in [0, 0.1) is 22.7 Å². The molecule has 0 saturated heterocycles. The zero-order valence-corrected chi connectivity index (χ0v) is 14.7. The van der Waals surface area contributed by atoms with Gasteiger partial charge in [0, 0.05) is 28.7 Å². The van der Waals surface area contributed by atoms with Crippen molar-refractivity contribution in [1.29, 1.82) is 0 Å². The average Bonchev–Trinajstić information content (AvgIpc) is 2.49. The van der Waals surface area contributed by atoms with Crippen LogP contribution in [0.1, 0.15) is 59.8 Å². The molecule has 0 unspecified atom stereocenters. The molecule has 3 atom stereocenters. The fourth-order valence-corrected chi connectivity index (χ4v) is 5.43. The zero-order chi connectivity index (χ0) is 17.0. The predicted molar refractivity (Wildman–Crippen MR) is 89.8 cm³/mol. The topological polar surface area (TPSA) is 54.4 Å². The minimum absolute atomic E-state index is 0.0395. The van der Waals surface area contributed by atoms with Gasteiger partial charge in [0.1, 0.15) is 0 Å². The zero-order valence-electron chi connectivity index (χ0n) is 14.7. The highest BCUT2D eigenvalue weighted by molar-refractivity contribution is 6.23. The summed E-state index contributed by atoms with van der Waals surface area (Å²) in [6.45, 7) is 8.40. The quantitative estimate of drug-likeness (QED) is 0.792. The van der Waals surface area contributed by atoms with Crippen molar-refractivity contribution >= 4 is 11.6 Å². The molecule has 0 amide bonds. The summed E-state index contributed by atoms with van der Waals surface area (Å²) in [4.78, 5) is 25.8. The van der Waals surface area contributed by atoms with Crippen molar-refractivity contribution in [3.8, 4) is 0 Å². The fourth-order valence-electron chi connectivity index (χ4n) is 5.43. The maximum absolute atomic E-state index is 12.9. The van der Waals surface area contributed by atoms with E-state index in [0.717, 1.165) is 36.8 Å². The third-order valence-electron chi connectivity index (χ3n) is 6.66. The number of hydrogen-bond acceptors (Lipinski definition) is 3. The summed E-state index contributed by atoms with van der Waals surface area (Å²) < 4.78 is 0. The molecule has 1 N–H and O–H groups in total. The standard InChI is InChI=1S/C20H28O3/c1-12(2)14-10-15(22)17-13(18(14)23)6-7-16-19(3,11-21)8-5-9-20(16,17)4/h10,12,16,21H,5-9,11H2,1-4H3/t16-,19+,20-/m0/s1. The number of hydrogen-bond donors (Lipinski definition) is 1. The number of Topliss-reactive ketones (excluding diaryl/α,β-unsaturated/α-hetero) is 1. The maximum atomic E-state index is 12.9. The van der Waals surface area contributed by atoms with E-state index >= 15 is 0 Å². The molecule has 0 aliphatic heterocycles. The van der Waals surface area contributed by atoms with Crippen molar-refractivity contribution in [3.05, 3.63) is 22.8 Å². The van der Waals surface area contributed by atoms with Gasteiger partial charge in [-0.1, -0.05) is 34.1 Å². The average molecular weight is 316 g/mol. The van der Waals surface area contributed by atoms with Crippen molar-refractivity contribution in [2.75, 3.05) is 6.61 Å². The second-order valence-electron chi connectivity index (χ2n) is 8.48. The first-order valence-electron chi connectivity index (χ1n) is 8.90. The molecule has 3 heteroatoms. The minimum atomic E-state index is -0.269. The third-order valence-corrected chi connectivity index (χ3v) is 6.66. The number of fused-ring (bicyclic) bond motifs is 2. The van der Waals surface area contributed by atoms with Crippen LogP contribution in [0.5, 0.6) is 0 Å². The first-order valence-corrected chi connectivity index (χ1v) is 8.90. The summed E-state index contributed by atoms with van der Waals surface area (Å²) in [5.41, 5.74) is 1.78. The number of carbonyl (C=O) groups is 2. The monoisotopic (exact) mass is 316 g/mol. The highest BCUT2D eigenvalue weighted by Crippen LogP contribution is 2.60. The highest BCUT2D eigenvalue weighted by Gasteiger charge is 2.55. The molecule has 0 spiro atoms. The van der Waals surface area contributed by atoms with E-state index in [1.165, 1.54) is 0 Å². The van der Waals surface area contributed by atoms with E-state index in [0.29, 0.717) is 12.0 Å². The second-order valence-corrected chi connectivity index (χ2v) is 8.48. The maximum Gasteiger partial charge on any atom is 0.185 e. The van der Waals surface area contributed by atoms with Crippen LogP contribution in [0.15, 0.2) is 22.8 Å². The third kappa shape index (κ3) is 2.27. The van der Waals surface area contributed by atoms with E-state index in [4.69, 9.17) is 0 Å². The second kappa shape index (κ2) is 5.41. The van der Waals surface area contributed by atoms with Crippen LogP contribution in [0.4, 0.5) is 0 Å². The highest BCUT2D eigenvalue weighted by atomic mass is 16.3. The van der Waals surface area contributed by atoms with Gasteiger partial charge in [0.25, 0.3) is 0 Å². The molecule has 0 aromatic heterocycles. The summed E-state index contributed by atoms with van der Waals surface area (Å²) in [5.74, 6) is 0.488. The van der Waals surface area contributed by atoms with Crippen molar-refractivity contribution in [2.45, 2.75) is 59.8 Å². The van der Waals surface area contributed by atoms with Crippen molar-refractivity contribution in [3.63, 3.8) is 0 Å². The Balaban J connectivity index is 2.10.